The highest BCUT2D eigenvalue weighted by Crippen LogP contribution is 2.23. The van der Waals surface area contributed by atoms with Crippen molar-refractivity contribution in [3.05, 3.63) is 59.7 Å². The van der Waals surface area contributed by atoms with Gasteiger partial charge in [-0.05, 0) is 45.0 Å². The fourth-order valence-electron chi connectivity index (χ4n) is 3.77. The van der Waals surface area contributed by atoms with E-state index in [9.17, 15) is 21.6 Å². The number of nitrogens with zero attached hydrogens (tertiary/aromatic N) is 3. The van der Waals surface area contributed by atoms with E-state index in [2.05, 4.69) is 0 Å². The summed E-state index contributed by atoms with van der Waals surface area (Å²) in [5, 5.41) is 0. The molecule has 1 aliphatic heterocycles. The maximum Gasteiger partial charge on any atom is 0.246 e. The fraction of sp³-hybridized carbons (Fsp3) is 0.409. The van der Waals surface area contributed by atoms with Gasteiger partial charge in [-0.25, -0.2) is 16.8 Å². The second-order valence-corrected chi connectivity index (χ2v) is 11.9. The Hall–Kier alpha value is -2.43. The molecule has 0 spiro atoms. The molecule has 0 radical (unpaired) electrons. The Morgan fingerprint density at radius 2 is 1.31 bits per heavy atom. The zero-order chi connectivity index (χ0) is 23.7. The summed E-state index contributed by atoms with van der Waals surface area (Å²) in [6.07, 6.45) is 1.07. The first-order valence-electron chi connectivity index (χ1n) is 10.3. The largest absolute Gasteiger partial charge is 0.338 e. The van der Waals surface area contributed by atoms with Gasteiger partial charge in [-0.3, -0.25) is 9.10 Å². The van der Waals surface area contributed by atoms with Gasteiger partial charge >= 0.3 is 0 Å². The van der Waals surface area contributed by atoms with E-state index in [-0.39, 0.29) is 37.0 Å². The van der Waals surface area contributed by atoms with Crippen LogP contribution in [-0.2, 0) is 24.8 Å². The third kappa shape index (κ3) is 5.13. The average Bonchev–Trinajstić information content (AvgIpc) is 2.74. The molecular weight excluding hydrogens is 450 g/mol. The van der Waals surface area contributed by atoms with Crippen LogP contribution in [0.4, 0.5) is 5.69 Å². The van der Waals surface area contributed by atoms with E-state index >= 15 is 0 Å². The Morgan fingerprint density at radius 3 is 1.78 bits per heavy atom. The van der Waals surface area contributed by atoms with Crippen LogP contribution >= 0.6 is 0 Å². The number of amides is 1. The van der Waals surface area contributed by atoms with Crippen molar-refractivity contribution < 1.29 is 21.6 Å². The van der Waals surface area contributed by atoms with Crippen molar-refractivity contribution in [1.29, 1.82) is 0 Å². The van der Waals surface area contributed by atoms with Gasteiger partial charge in [-0.15, -0.1) is 0 Å². The van der Waals surface area contributed by atoms with Crippen LogP contribution in [0.3, 0.4) is 0 Å². The minimum atomic E-state index is -3.71. The Balaban J connectivity index is 1.73. The van der Waals surface area contributed by atoms with Crippen molar-refractivity contribution >= 4 is 31.6 Å². The van der Waals surface area contributed by atoms with Crippen molar-refractivity contribution in [1.82, 2.24) is 9.21 Å². The molecule has 174 valence electrons. The minimum absolute atomic E-state index is 0.151. The van der Waals surface area contributed by atoms with Crippen molar-refractivity contribution in [2.75, 3.05) is 36.7 Å². The molecule has 0 N–H and O–H groups in total. The predicted octanol–water partition coefficient (Wildman–Crippen LogP) is 1.99. The van der Waals surface area contributed by atoms with Crippen molar-refractivity contribution in [2.24, 2.45) is 0 Å². The SMILES string of the molecule is Cc1ccc(N(C(C)C(=O)N2CCN(S(=O)(=O)c3ccc(C)cc3)CC2)S(C)(=O)=O)cc1. The number of carbonyl (C=O) groups excluding carboxylic acids is 1. The van der Waals surface area contributed by atoms with Crippen molar-refractivity contribution in [3.8, 4) is 0 Å². The third-order valence-electron chi connectivity index (χ3n) is 5.56. The Kier molecular flexibility index (Phi) is 6.97. The van der Waals surface area contributed by atoms with E-state index in [1.165, 1.54) is 9.21 Å². The molecule has 2 aromatic rings. The van der Waals surface area contributed by atoms with Gasteiger partial charge in [0.15, 0.2) is 0 Å². The van der Waals surface area contributed by atoms with Gasteiger partial charge in [-0.1, -0.05) is 35.4 Å². The number of rotatable bonds is 6. The summed E-state index contributed by atoms with van der Waals surface area (Å²) in [7, 11) is -7.35. The summed E-state index contributed by atoms with van der Waals surface area (Å²) >= 11 is 0. The molecule has 1 heterocycles. The number of anilines is 1. The van der Waals surface area contributed by atoms with Crippen molar-refractivity contribution in [2.45, 2.75) is 31.7 Å². The first-order chi connectivity index (χ1) is 14.9. The second-order valence-electron chi connectivity index (χ2n) is 8.11. The summed E-state index contributed by atoms with van der Waals surface area (Å²) in [5.74, 6) is -0.358. The average molecular weight is 480 g/mol. The first-order valence-corrected chi connectivity index (χ1v) is 13.6. The van der Waals surface area contributed by atoms with Crippen LogP contribution in [0.25, 0.3) is 0 Å². The number of benzene rings is 2. The summed E-state index contributed by atoms with van der Waals surface area (Å²) in [4.78, 5) is 14.9. The number of carbonyl (C=O) groups is 1. The van der Waals surface area contributed by atoms with E-state index in [0.29, 0.717) is 5.69 Å². The van der Waals surface area contributed by atoms with Crippen LogP contribution in [0, 0.1) is 13.8 Å². The predicted molar refractivity (Wildman–Crippen MR) is 124 cm³/mol. The maximum absolute atomic E-state index is 13.1. The normalized spacial score (nSPS) is 16.6. The van der Waals surface area contributed by atoms with Crippen LogP contribution in [0.1, 0.15) is 18.1 Å². The first kappa shape index (κ1) is 24.2. The zero-order valence-corrected chi connectivity index (χ0v) is 20.4. The molecular formula is C22H29N3O5S2. The highest BCUT2D eigenvalue weighted by Gasteiger charge is 2.35. The van der Waals surface area contributed by atoms with Crippen molar-refractivity contribution in [3.63, 3.8) is 0 Å². The fourth-order valence-corrected chi connectivity index (χ4v) is 6.36. The standard InChI is InChI=1S/C22H29N3O5S2/c1-17-5-9-20(10-6-17)25(31(4,27)28)19(3)22(26)23-13-15-24(16-14-23)32(29,30)21-11-7-18(2)8-12-21/h5-12,19H,13-16H2,1-4H3. The lowest BCUT2D eigenvalue weighted by atomic mass is 10.2. The van der Waals surface area contributed by atoms with Crippen LogP contribution in [0.5, 0.6) is 0 Å². The lowest BCUT2D eigenvalue weighted by Gasteiger charge is -2.37. The smallest absolute Gasteiger partial charge is 0.246 e. The summed E-state index contributed by atoms with van der Waals surface area (Å²) in [6, 6.07) is 12.6. The molecule has 0 aliphatic carbocycles. The van der Waals surface area contributed by atoms with E-state index < -0.39 is 26.1 Å². The molecule has 3 rings (SSSR count). The molecule has 1 saturated heterocycles. The van der Waals surface area contributed by atoms with Gasteiger partial charge in [0.05, 0.1) is 16.8 Å². The monoisotopic (exact) mass is 479 g/mol. The molecule has 8 nitrogen and oxygen atoms in total. The molecule has 1 aliphatic rings. The van der Waals surface area contributed by atoms with E-state index in [0.717, 1.165) is 21.7 Å². The molecule has 2 aromatic carbocycles. The van der Waals surface area contributed by atoms with Crippen LogP contribution in [0.15, 0.2) is 53.4 Å². The lowest BCUT2D eigenvalue weighted by Crippen LogP contribution is -2.56. The topological polar surface area (TPSA) is 95.1 Å². The number of aryl methyl sites for hydroxylation is 2. The Morgan fingerprint density at radius 1 is 0.844 bits per heavy atom. The number of hydrogen-bond donors (Lipinski definition) is 0. The molecule has 1 atom stereocenters. The number of hydrogen-bond acceptors (Lipinski definition) is 5. The Labute approximate surface area is 190 Å². The molecule has 32 heavy (non-hydrogen) atoms. The lowest BCUT2D eigenvalue weighted by molar-refractivity contribution is -0.133. The Bertz CT molecular complexity index is 1170. The molecule has 0 bridgehead atoms. The second kappa shape index (κ2) is 9.21. The molecule has 1 unspecified atom stereocenters. The van der Waals surface area contributed by atoms with E-state index in [1.807, 2.05) is 13.8 Å². The molecule has 10 heteroatoms. The van der Waals surface area contributed by atoms with Gasteiger partial charge in [0.2, 0.25) is 26.0 Å². The quantitative estimate of drug-likeness (QED) is 0.632. The van der Waals surface area contributed by atoms with Crippen LogP contribution in [-0.4, -0.2) is 70.4 Å². The van der Waals surface area contributed by atoms with Gasteiger partial charge in [-0.2, -0.15) is 4.31 Å². The highest BCUT2D eigenvalue weighted by molar-refractivity contribution is 7.92. The third-order valence-corrected chi connectivity index (χ3v) is 8.72. The maximum atomic E-state index is 13.1. The number of sulfonamides is 2. The van der Waals surface area contributed by atoms with Crippen LogP contribution < -0.4 is 4.31 Å². The molecule has 1 amide bonds. The minimum Gasteiger partial charge on any atom is -0.338 e. The van der Waals surface area contributed by atoms with E-state index in [1.54, 1.807) is 55.5 Å². The van der Waals surface area contributed by atoms with Gasteiger partial charge in [0.25, 0.3) is 0 Å². The summed E-state index contributed by atoms with van der Waals surface area (Å²) in [6.45, 7) is 6.03. The summed E-state index contributed by atoms with van der Waals surface area (Å²) in [5.41, 5.74) is 2.36. The summed E-state index contributed by atoms with van der Waals surface area (Å²) < 4.78 is 53.2. The van der Waals surface area contributed by atoms with Gasteiger partial charge in [0, 0.05) is 26.2 Å². The molecule has 0 aromatic heterocycles. The molecule has 1 fully saturated rings. The van der Waals surface area contributed by atoms with Gasteiger partial charge < -0.3 is 4.90 Å². The number of piperazine rings is 1. The van der Waals surface area contributed by atoms with Crippen LogP contribution in [0.2, 0.25) is 0 Å². The molecule has 0 saturated carbocycles. The highest BCUT2D eigenvalue weighted by atomic mass is 32.2. The zero-order valence-electron chi connectivity index (χ0n) is 18.7. The van der Waals surface area contributed by atoms with Gasteiger partial charge in [0.1, 0.15) is 6.04 Å². The van der Waals surface area contributed by atoms with E-state index in [4.69, 9.17) is 0 Å².